The Morgan fingerprint density at radius 1 is 0.929 bits per heavy atom. The molecule has 0 bridgehead atoms. The van der Waals surface area contributed by atoms with Crippen molar-refractivity contribution in [2.45, 2.75) is 12.5 Å². The smallest absolute Gasteiger partial charge is 0.119 e. The van der Waals surface area contributed by atoms with Crippen LogP contribution in [-0.4, -0.2) is 12.8 Å². The molecule has 0 radical (unpaired) electrons. The van der Waals surface area contributed by atoms with Crippen LogP contribution < -0.4 is 9.75 Å². The van der Waals surface area contributed by atoms with Gasteiger partial charge in [0.05, 0.1) is 24.6 Å². The molecule has 0 N–H and O–H groups in total. The molecule has 0 fully saturated rings. The van der Waals surface area contributed by atoms with Crippen molar-refractivity contribution in [3.8, 4) is 5.75 Å². The zero-order valence-corrected chi connectivity index (χ0v) is 16.4. The molecule has 1 aliphatic heterocycles. The maximum atomic E-state index is 6.27. The highest BCUT2D eigenvalue weighted by molar-refractivity contribution is 6.32. The van der Waals surface area contributed by atoms with Crippen LogP contribution in [0.4, 0.5) is 5.69 Å². The Hall–Kier alpha value is -3.04. The Labute approximate surface area is 170 Å². The molecule has 0 spiro atoms. The van der Waals surface area contributed by atoms with E-state index in [9.17, 15) is 0 Å². The van der Waals surface area contributed by atoms with Crippen LogP contribution in [0.25, 0.3) is 6.08 Å². The van der Waals surface area contributed by atoms with Crippen LogP contribution in [-0.2, 0) is 0 Å². The summed E-state index contributed by atoms with van der Waals surface area (Å²) in [5.74, 6) is 0.835. The summed E-state index contributed by atoms with van der Waals surface area (Å²) in [4.78, 5) is 0. The molecule has 0 aromatic heterocycles. The first-order valence-electron chi connectivity index (χ1n) is 9.23. The second-order valence-electron chi connectivity index (χ2n) is 6.62. The van der Waals surface area contributed by atoms with E-state index in [1.165, 1.54) is 5.56 Å². The van der Waals surface area contributed by atoms with Crippen molar-refractivity contribution in [1.29, 1.82) is 0 Å². The van der Waals surface area contributed by atoms with E-state index >= 15 is 0 Å². The SMILES string of the molecule is COc1ccc(N2N=C(/C=C/c3ccccc3Cl)CC2c2ccccc2)cc1. The summed E-state index contributed by atoms with van der Waals surface area (Å²) in [5.41, 5.74) is 4.29. The maximum absolute atomic E-state index is 6.27. The van der Waals surface area contributed by atoms with Crippen molar-refractivity contribution in [2.24, 2.45) is 5.10 Å². The number of rotatable bonds is 5. The molecule has 28 heavy (non-hydrogen) atoms. The van der Waals surface area contributed by atoms with Gasteiger partial charge in [0.25, 0.3) is 0 Å². The number of allylic oxidation sites excluding steroid dienone is 1. The van der Waals surface area contributed by atoms with Gasteiger partial charge in [-0.2, -0.15) is 5.10 Å². The largest absolute Gasteiger partial charge is 0.497 e. The van der Waals surface area contributed by atoms with Crippen molar-refractivity contribution < 1.29 is 4.74 Å². The number of hydrogen-bond acceptors (Lipinski definition) is 3. The van der Waals surface area contributed by atoms with Crippen LogP contribution in [0.2, 0.25) is 5.02 Å². The average Bonchev–Trinajstić information content (AvgIpc) is 3.18. The quantitative estimate of drug-likeness (QED) is 0.507. The van der Waals surface area contributed by atoms with E-state index in [0.717, 1.165) is 34.2 Å². The van der Waals surface area contributed by atoms with Crippen molar-refractivity contribution >= 4 is 29.1 Å². The number of methoxy groups -OCH3 is 1. The highest BCUT2D eigenvalue weighted by Crippen LogP contribution is 2.36. The average molecular weight is 389 g/mol. The van der Waals surface area contributed by atoms with Gasteiger partial charge >= 0.3 is 0 Å². The molecule has 0 amide bonds. The predicted molar refractivity (Wildman–Crippen MR) is 117 cm³/mol. The molecule has 0 aliphatic carbocycles. The Balaban J connectivity index is 1.65. The lowest BCUT2D eigenvalue weighted by atomic mass is 10.0. The minimum Gasteiger partial charge on any atom is -0.497 e. The fraction of sp³-hybridized carbons (Fsp3) is 0.125. The minimum absolute atomic E-state index is 0.153. The molecule has 0 saturated heterocycles. The van der Waals surface area contributed by atoms with Gasteiger partial charge in [0.1, 0.15) is 5.75 Å². The summed E-state index contributed by atoms with van der Waals surface area (Å²) < 4.78 is 5.29. The summed E-state index contributed by atoms with van der Waals surface area (Å²) in [6.45, 7) is 0. The molecule has 1 unspecified atom stereocenters. The maximum Gasteiger partial charge on any atom is 0.119 e. The molecule has 3 aromatic carbocycles. The molecule has 1 aliphatic rings. The van der Waals surface area contributed by atoms with Crippen LogP contribution in [0.1, 0.15) is 23.6 Å². The second kappa shape index (κ2) is 8.32. The zero-order valence-electron chi connectivity index (χ0n) is 15.6. The van der Waals surface area contributed by atoms with Crippen LogP contribution in [0.15, 0.2) is 90.0 Å². The molecular formula is C24H21ClN2O. The Morgan fingerprint density at radius 2 is 1.64 bits per heavy atom. The topological polar surface area (TPSA) is 24.8 Å². The van der Waals surface area contributed by atoms with Gasteiger partial charge in [0, 0.05) is 11.4 Å². The fourth-order valence-corrected chi connectivity index (χ4v) is 3.54. The first-order valence-corrected chi connectivity index (χ1v) is 9.61. The Bertz CT molecular complexity index is 997. The first kappa shape index (κ1) is 18.3. The van der Waals surface area contributed by atoms with E-state index in [1.807, 2.05) is 60.7 Å². The summed E-state index contributed by atoms with van der Waals surface area (Å²) in [6.07, 6.45) is 4.92. The van der Waals surface area contributed by atoms with E-state index in [0.29, 0.717) is 0 Å². The number of benzene rings is 3. The van der Waals surface area contributed by atoms with Crippen molar-refractivity contribution in [3.63, 3.8) is 0 Å². The molecule has 1 atom stereocenters. The number of ether oxygens (including phenoxy) is 1. The van der Waals surface area contributed by atoms with Gasteiger partial charge in [-0.3, -0.25) is 5.01 Å². The van der Waals surface area contributed by atoms with Gasteiger partial charge in [0.15, 0.2) is 0 Å². The summed E-state index contributed by atoms with van der Waals surface area (Å²) in [7, 11) is 1.67. The molecular weight excluding hydrogens is 368 g/mol. The van der Waals surface area contributed by atoms with Crippen LogP contribution >= 0.6 is 11.6 Å². The monoisotopic (exact) mass is 388 g/mol. The highest BCUT2D eigenvalue weighted by Gasteiger charge is 2.28. The number of hydrogen-bond donors (Lipinski definition) is 0. The highest BCUT2D eigenvalue weighted by atomic mass is 35.5. The van der Waals surface area contributed by atoms with Gasteiger partial charge in [-0.1, -0.05) is 66.2 Å². The van der Waals surface area contributed by atoms with Crippen molar-refractivity contribution in [1.82, 2.24) is 0 Å². The summed E-state index contributed by atoms with van der Waals surface area (Å²) in [6, 6.07) is 26.5. The standard InChI is InChI=1S/C24H21ClN2O/c1-28-22-15-13-21(14-16-22)27-24(19-8-3-2-4-9-19)17-20(26-27)12-11-18-7-5-6-10-23(18)25/h2-16,24H,17H2,1H3/b12-11+. The Morgan fingerprint density at radius 3 is 2.36 bits per heavy atom. The number of anilines is 1. The van der Waals surface area contributed by atoms with Gasteiger partial charge in [-0.05, 0) is 47.5 Å². The third-order valence-electron chi connectivity index (χ3n) is 4.82. The van der Waals surface area contributed by atoms with Crippen LogP contribution in [0, 0.1) is 0 Å². The lowest BCUT2D eigenvalue weighted by Gasteiger charge is -2.24. The van der Waals surface area contributed by atoms with Crippen molar-refractivity contribution in [2.75, 3.05) is 12.1 Å². The van der Waals surface area contributed by atoms with E-state index in [1.54, 1.807) is 7.11 Å². The summed E-state index contributed by atoms with van der Waals surface area (Å²) >= 11 is 6.27. The molecule has 3 aromatic rings. The molecule has 4 rings (SSSR count). The number of nitrogens with zero attached hydrogens (tertiary/aromatic N) is 2. The van der Waals surface area contributed by atoms with Crippen LogP contribution in [0.5, 0.6) is 5.75 Å². The van der Waals surface area contributed by atoms with E-state index in [4.69, 9.17) is 21.4 Å². The Kier molecular flexibility index (Phi) is 5.45. The fourth-order valence-electron chi connectivity index (χ4n) is 3.34. The van der Waals surface area contributed by atoms with E-state index in [2.05, 4.69) is 35.4 Å². The minimum atomic E-state index is 0.153. The van der Waals surface area contributed by atoms with Gasteiger partial charge in [0.2, 0.25) is 0 Å². The van der Waals surface area contributed by atoms with Gasteiger partial charge in [-0.25, -0.2) is 0 Å². The molecule has 4 heteroatoms. The molecule has 0 saturated carbocycles. The third kappa shape index (κ3) is 3.95. The third-order valence-corrected chi connectivity index (χ3v) is 5.16. The van der Waals surface area contributed by atoms with E-state index < -0.39 is 0 Å². The number of halogens is 1. The molecule has 1 heterocycles. The predicted octanol–water partition coefficient (Wildman–Crippen LogP) is 6.37. The van der Waals surface area contributed by atoms with Crippen molar-refractivity contribution in [3.05, 3.63) is 101 Å². The second-order valence-corrected chi connectivity index (χ2v) is 7.03. The molecule has 140 valence electrons. The number of hydrazone groups is 1. The first-order chi connectivity index (χ1) is 13.7. The zero-order chi connectivity index (χ0) is 19.3. The lowest BCUT2D eigenvalue weighted by molar-refractivity contribution is 0.415. The lowest BCUT2D eigenvalue weighted by Crippen LogP contribution is -2.18. The molecule has 3 nitrogen and oxygen atoms in total. The van der Waals surface area contributed by atoms with Gasteiger partial charge < -0.3 is 4.74 Å². The van der Waals surface area contributed by atoms with Gasteiger partial charge in [-0.15, -0.1) is 0 Å². The summed E-state index contributed by atoms with van der Waals surface area (Å²) in [5, 5.41) is 7.72. The van der Waals surface area contributed by atoms with Crippen LogP contribution in [0.3, 0.4) is 0 Å². The normalized spacial score (nSPS) is 16.4. The van der Waals surface area contributed by atoms with E-state index in [-0.39, 0.29) is 6.04 Å².